The maximum atomic E-state index is 11.2. The van der Waals surface area contributed by atoms with E-state index in [2.05, 4.69) is 124 Å². The van der Waals surface area contributed by atoms with Crippen molar-refractivity contribution < 1.29 is 14.7 Å². The van der Waals surface area contributed by atoms with Crippen molar-refractivity contribution in [2.24, 2.45) is 10.7 Å². The van der Waals surface area contributed by atoms with E-state index in [-0.39, 0.29) is 11.8 Å². The number of carboxylic acids is 1. The number of benzene rings is 3. The molecule has 19 heteroatoms. The van der Waals surface area contributed by atoms with Crippen molar-refractivity contribution >= 4 is 75.1 Å². The predicted molar refractivity (Wildman–Crippen MR) is 269 cm³/mol. The van der Waals surface area contributed by atoms with Crippen molar-refractivity contribution in [1.82, 2.24) is 48.9 Å². The molecule has 65 heavy (non-hydrogen) atoms. The number of carbonyl (C=O) groups is 2. The third kappa shape index (κ3) is 19.1. The molecule has 1 amide bonds. The summed E-state index contributed by atoms with van der Waals surface area (Å²) >= 11 is 16.4. The fourth-order valence-corrected chi connectivity index (χ4v) is 8.20. The van der Waals surface area contributed by atoms with Crippen molar-refractivity contribution in [1.29, 1.82) is 0 Å². The van der Waals surface area contributed by atoms with E-state index in [1.54, 1.807) is 58.3 Å². The van der Waals surface area contributed by atoms with Gasteiger partial charge in [-0.3, -0.25) is 33.4 Å². The number of nitrogens with one attached hydrogen (secondary N) is 1. The zero-order valence-corrected chi connectivity index (χ0v) is 39.8. The first-order chi connectivity index (χ1) is 31.7. The Morgan fingerprint density at radius 3 is 1.45 bits per heavy atom. The highest BCUT2D eigenvalue weighted by Crippen LogP contribution is 2.19. The third-order valence-corrected chi connectivity index (χ3v) is 12.3. The standard InChI is InChI=1S/C14H17N3OS.C12H17N3S.C11H16N2.C7H6N4S.C2H3ClO2/c18-13-11-19-14(15-13)17-8-6-16(7-9-17)10-12-4-2-1-3-5-12;13-12(16)15-8-6-14(7-9-15)10-11-4-2-1-3-5-11;1-2-4-11(5-3-1)10-13-8-6-12-7-9-13;12-7(10-3-1-8-5-10)11-4-2-9-6-11;3-1-2(4)5/h1-5H,6-11H2;1-5H,6-10H2,(H2,13,16);1-5,12H,6-10H2;1-6H;1H2,(H,4,5). The number of aromatic nitrogens is 4. The van der Waals surface area contributed by atoms with Gasteiger partial charge in [0.1, 0.15) is 18.5 Å². The number of thioether (sulfide) groups is 1. The zero-order chi connectivity index (χ0) is 46.1. The molecule has 4 aliphatic heterocycles. The number of nitrogens with zero attached hydrogens (tertiary/aromatic N) is 10. The van der Waals surface area contributed by atoms with E-state index in [0.717, 1.165) is 90.2 Å². The molecule has 0 bridgehead atoms. The number of aliphatic imine (C=N–C) groups is 1. The Morgan fingerprint density at radius 2 is 1.09 bits per heavy atom. The average Bonchev–Trinajstić information content (AvgIpc) is 4.17. The van der Waals surface area contributed by atoms with Gasteiger partial charge in [0, 0.05) is 123 Å². The number of carbonyl (C=O) groups excluding carboxylic acids is 1. The lowest BCUT2D eigenvalue weighted by Gasteiger charge is -2.35. The Kier molecular flexibility index (Phi) is 22.5. The summed E-state index contributed by atoms with van der Waals surface area (Å²) in [7, 11) is 0. The van der Waals surface area contributed by atoms with Crippen LogP contribution in [0, 0.1) is 0 Å². The molecule has 5 aromatic rings. The molecule has 3 saturated heterocycles. The highest BCUT2D eigenvalue weighted by Gasteiger charge is 2.24. The quantitative estimate of drug-likeness (QED) is 0.153. The van der Waals surface area contributed by atoms with E-state index in [1.165, 1.54) is 29.8 Å². The maximum Gasteiger partial charge on any atom is 0.318 e. The lowest BCUT2D eigenvalue weighted by molar-refractivity contribution is -0.134. The van der Waals surface area contributed by atoms with Gasteiger partial charge in [-0.15, -0.1) is 11.6 Å². The molecule has 9 rings (SSSR count). The van der Waals surface area contributed by atoms with Gasteiger partial charge >= 0.3 is 5.97 Å². The zero-order valence-electron chi connectivity index (χ0n) is 36.6. The van der Waals surface area contributed by atoms with Crippen LogP contribution in [0.15, 0.2) is 133 Å². The van der Waals surface area contributed by atoms with Crippen molar-refractivity contribution in [2.45, 2.75) is 19.6 Å². The third-order valence-electron chi connectivity index (χ3n) is 10.4. The van der Waals surface area contributed by atoms with Gasteiger partial charge in [0.25, 0.3) is 5.91 Å². The Bertz CT molecular complexity index is 2110. The Labute approximate surface area is 402 Å². The monoisotopic (exact) mass is 958 g/mol. The van der Waals surface area contributed by atoms with Gasteiger partial charge in [0.05, 0.1) is 5.75 Å². The number of piperazine rings is 3. The first kappa shape index (κ1) is 50.9. The van der Waals surface area contributed by atoms with E-state index in [4.69, 9.17) is 46.9 Å². The molecular formula is C46H59ClN12O3S3. The normalized spacial score (nSPS) is 16.5. The molecule has 15 nitrogen and oxygen atoms in total. The van der Waals surface area contributed by atoms with Crippen molar-refractivity contribution in [3.8, 4) is 0 Å². The molecular weight excluding hydrogens is 900 g/mol. The number of hydrogen-bond acceptors (Lipinski definition) is 12. The van der Waals surface area contributed by atoms with Crippen molar-refractivity contribution in [2.75, 3.05) is 90.2 Å². The van der Waals surface area contributed by atoms with E-state index >= 15 is 0 Å². The molecule has 0 radical (unpaired) electrons. The van der Waals surface area contributed by atoms with Gasteiger partial charge in [-0.05, 0) is 41.1 Å². The minimum Gasteiger partial charge on any atom is -0.480 e. The Morgan fingerprint density at radius 1 is 0.677 bits per heavy atom. The van der Waals surface area contributed by atoms with Gasteiger partial charge in [-0.1, -0.05) is 103 Å². The minimum absolute atomic E-state index is 0.00622. The number of alkyl halides is 1. The smallest absolute Gasteiger partial charge is 0.318 e. The Balaban J connectivity index is 0.000000159. The largest absolute Gasteiger partial charge is 0.480 e. The van der Waals surface area contributed by atoms with E-state index in [9.17, 15) is 9.59 Å². The summed E-state index contributed by atoms with van der Waals surface area (Å²) in [5.74, 6) is -0.766. The summed E-state index contributed by atoms with van der Waals surface area (Å²) in [5.41, 5.74) is 9.75. The number of aliphatic carboxylic acids is 1. The van der Waals surface area contributed by atoms with Crippen LogP contribution < -0.4 is 11.1 Å². The van der Waals surface area contributed by atoms with E-state index in [1.807, 2.05) is 12.1 Å². The van der Waals surface area contributed by atoms with Crippen molar-refractivity contribution in [3.05, 3.63) is 145 Å². The molecule has 0 spiro atoms. The number of amides is 1. The van der Waals surface area contributed by atoms with Gasteiger partial charge < -0.3 is 26.0 Å². The van der Waals surface area contributed by atoms with Crippen LogP contribution in [0.1, 0.15) is 16.7 Å². The summed E-state index contributed by atoms with van der Waals surface area (Å²) in [6.07, 6.45) is 10.3. The summed E-state index contributed by atoms with van der Waals surface area (Å²) in [6, 6.07) is 31.8. The highest BCUT2D eigenvalue weighted by molar-refractivity contribution is 8.14. The van der Waals surface area contributed by atoms with Gasteiger partial charge in [-0.25, -0.2) is 9.97 Å². The number of carboxylic acid groups (broad SMARTS) is 1. The van der Waals surface area contributed by atoms with Crippen LogP contribution in [0.4, 0.5) is 0 Å². The van der Waals surface area contributed by atoms with Crippen LogP contribution in [0.25, 0.3) is 0 Å². The fraction of sp³-hybridized carbons (Fsp3) is 0.370. The maximum absolute atomic E-state index is 11.2. The van der Waals surface area contributed by atoms with Crippen molar-refractivity contribution in [3.63, 3.8) is 0 Å². The molecule has 6 heterocycles. The predicted octanol–water partition coefficient (Wildman–Crippen LogP) is 4.64. The minimum atomic E-state index is -0.980. The SMILES string of the molecule is NC(=S)N1CCN(Cc2ccccc2)CC1.O=C(O)CCl.O=C1CSC(N2CCN(Cc3ccccc3)CC2)=N1.S=C(n1ccnc1)n1ccnc1.c1ccc(CN2CCNCC2)cc1. The molecule has 0 atom stereocenters. The van der Waals surface area contributed by atoms with Crippen LogP contribution >= 0.6 is 47.8 Å². The molecule has 0 unspecified atom stereocenters. The average molecular weight is 960 g/mol. The second-order valence-electron chi connectivity index (χ2n) is 15.2. The summed E-state index contributed by atoms with van der Waals surface area (Å²) in [5, 5.41) is 13.0. The van der Waals surface area contributed by atoms with Crippen LogP contribution in [-0.4, -0.2) is 166 Å². The number of hydrogen-bond donors (Lipinski definition) is 3. The molecule has 4 N–H and O–H groups in total. The topological polar surface area (TPSA) is 157 Å². The van der Waals surface area contributed by atoms with Crippen LogP contribution in [-0.2, 0) is 29.2 Å². The number of thiocarbonyl (C=S) groups is 2. The number of rotatable bonds is 7. The van der Waals surface area contributed by atoms with Crippen LogP contribution in [0.5, 0.6) is 0 Å². The summed E-state index contributed by atoms with van der Waals surface area (Å²) < 4.78 is 3.49. The molecule has 3 fully saturated rings. The second-order valence-corrected chi connectivity index (χ2v) is 17.2. The van der Waals surface area contributed by atoms with E-state index < -0.39 is 5.97 Å². The molecule has 2 aromatic heterocycles. The van der Waals surface area contributed by atoms with Crippen LogP contribution in [0.3, 0.4) is 0 Å². The number of nitrogens with two attached hydrogens (primary N) is 1. The molecule has 4 aliphatic rings. The van der Waals surface area contributed by atoms with E-state index in [0.29, 0.717) is 16.0 Å². The Hall–Kier alpha value is -5.05. The molecule has 3 aromatic carbocycles. The summed E-state index contributed by atoms with van der Waals surface area (Å²) in [4.78, 5) is 43.9. The number of amidine groups is 1. The molecule has 0 saturated carbocycles. The first-order valence-electron chi connectivity index (χ1n) is 21.5. The summed E-state index contributed by atoms with van der Waals surface area (Å²) in [6.45, 7) is 15.7. The number of imidazole rings is 2. The molecule has 346 valence electrons. The van der Waals surface area contributed by atoms with Gasteiger partial charge in [0.2, 0.25) is 0 Å². The molecule has 0 aliphatic carbocycles. The van der Waals surface area contributed by atoms with Gasteiger partial charge in [-0.2, -0.15) is 4.99 Å². The lowest BCUT2D eigenvalue weighted by atomic mass is 10.2. The lowest BCUT2D eigenvalue weighted by Crippen LogP contribution is -2.49. The first-order valence-corrected chi connectivity index (χ1v) is 23.8. The highest BCUT2D eigenvalue weighted by atomic mass is 35.5. The van der Waals surface area contributed by atoms with Crippen LogP contribution in [0.2, 0.25) is 0 Å². The van der Waals surface area contributed by atoms with Gasteiger partial charge in [0.15, 0.2) is 15.4 Å². The fourth-order valence-electron chi connectivity index (χ4n) is 6.96. The number of halogens is 1. The second kappa shape index (κ2) is 28.8.